The van der Waals surface area contributed by atoms with Gasteiger partial charge < -0.3 is 20.4 Å². The van der Waals surface area contributed by atoms with E-state index in [0.29, 0.717) is 37.0 Å². The van der Waals surface area contributed by atoms with Crippen molar-refractivity contribution in [2.45, 2.75) is 37.3 Å². The predicted octanol–water partition coefficient (Wildman–Crippen LogP) is 4.29. The molecule has 2 amide bonds. The molecule has 2 N–H and O–H groups in total. The molecule has 2 fully saturated rings. The highest BCUT2D eigenvalue weighted by atomic mass is 19.1. The van der Waals surface area contributed by atoms with E-state index < -0.39 is 6.04 Å². The maximum Gasteiger partial charge on any atom is 0.251 e. The van der Waals surface area contributed by atoms with Crippen molar-refractivity contribution >= 4 is 11.8 Å². The topological polar surface area (TPSA) is 64.7 Å². The number of benzene rings is 3. The van der Waals surface area contributed by atoms with Crippen LogP contribution in [0.2, 0.25) is 0 Å². The maximum atomic E-state index is 13.5. The Balaban J connectivity index is 1.17. The summed E-state index contributed by atoms with van der Waals surface area (Å²) in [5, 5.41) is 6.61. The van der Waals surface area contributed by atoms with Crippen LogP contribution in [0.3, 0.4) is 0 Å². The van der Waals surface area contributed by atoms with E-state index in [1.807, 2.05) is 71.6 Å². The van der Waals surface area contributed by atoms with Crippen molar-refractivity contribution in [1.82, 2.24) is 20.4 Å². The molecule has 1 heterocycles. The number of likely N-dealkylation sites (N-methyl/N-ethyl adjacent to an activating group) is 1. The first-order chi connectivity index (χ1) is 19.0. The summed E-state index contributed by atoms with van der Waals surface area (Å²) < 4.78 is 13.2. The minimum Gasteiger partial charge on any atom is -0.340 e. The number of hydrogen-bond donors (Lipinski definition) is 2. The van der Waals surface area contributed by atoms with Crippen LogP contribution in [0.25, 0.3) is 11.1 Å². The monoisotopic (exact) mass is 528 g/mol. The molecule has 3 aromatic rings. The van der Waals surface area contributed by atoms with Crippen LogP contribution < -0.4 is 10.6 Å². The Hall–Kier alpha value is -3.55. The molecule has 3 aromatic carbocycles. The van der Waals surface area contributed by atoms with E-state index in [2.05, 4.69) is 22.6 Å². The highest BCUT2D eigenvalue weighted by Gasteiger charge is 2.37. The first-order valence-electron chi connectivity index (χ1n) is 13.9. The van der Waals surface area contributed by atoms with Crippen molar-refractivity contribution in [2.24, 2.45) is 0 Å². The van der Waals surface area contributed by atoms with E-state index in [9.17, 15) is 14.0 Å². The van der Waals surface area contributed by atoms with E-state index in [4.69, 9.17) is 0 Å². The molecule has 0 bridgehead atoms. The van der Waals surface area contributed by atoms with Crippen LogP contribution in [0.5, 0.6) is 0 Å². The van der Waals surface area contributed by atoms with Gasteiger partial charge in [-0.25, -0.2) is 4.39 Å². The van der Waals surface area contributed by atoms with E-state index in [-0.39, 0.29) is 17.6 Å². The Labute approximate surface area is 230 Å². The van der Waals surface area contributed by atoms with Gasteiger partial charge in [-0.2, -0.15) is 0 Å². The molecule has 0 unspecified atom stereocenters. The first kappa shape index (κ1) is 27.0. The van der Waals surface area contributed by atoms with Gasteiger partial charge >= 0.3 is 0 Å². The first-order valence-corrected chi connectivity index (χ1v) is 13.9. The van der Waals surface area contributed by atoms with Gasteiger partial charge in [-0.05, 0) is 73.8 Å². The van der Waals surface area contributed by atoms with Crippen molar-refractivity contribution in [3.63, 3.8) is 0 Å². The Bertz CT molecular complexity index is 1240. The van der Waals surface area contributed by atoms with E-state index in [1.165, 1.54) is 12.1 Å². The Morgan fingerprint density at radius 1 is 0.897 bits per heavy atom. The van der Waals surface area contributed by atoms with Crippen LogP contribution in [0.4, 0.5) is 4.39 Å². The molecule has 39 heavy (non-hydrogen) atoms. The fraction of sp³-hybridized carbons (Fsp3) is 0.375. The molecule has 0 aromatic heterocycles. The largest absolute Gasteiger partial charge is 0.340 e. The predicted molar refractivity (Wildman–Crippen MR) is 152 cm³/mol. The second-order valence-electron chi connectivity index (χ2n) is 10.7. The van der Waals surface area contributed by atoms with Gasteiger partial charge in [-0.3, -0.25) is 9.59 Å². The molecule has 1 saturated heterocycles. The molecule has 0 spiro atoms. The molecular weight excluding hydrogens is 491 g/mol. The lowest BCUT2D eigenvalue weighted by Gasteiger charge is -2.34. The van der Waals surface area contributed by atoms with Gasteiger partial charge in [-0.15, -0.1) is 0 Å². The van der Waals surface area contributed by atoms with E-state index in [0.717, 1.165) is 49.2 Å². The molecule has 0 radical (unpaired) electrons. The van der Waals surface area contributed by atoms with Gasteiger partial charge in [0.05, 0.1) is 0 Å². The molecule has 2 aliphatic rings. The minimum atomic E-state index is -0.566. The lowest BCUT2D eigenvalue weighted by atomic mass is 10.0. The lowest BCUT2D eigenvalue weighted by Crippen LogP contribution is -2.54. The normalized spacial score (nSPS) is 19.9. The van der Waals surface area contributed by atoms with E-state index in [1.54, 1.807) is 0 Å². The highest BCUT2D eigenvalue weighted by molar-refractivity contribution is 5.98. The van der Waals surface area contributed by atoms with Crippen LogP contribution in [0.1, 0.15) is 41.1 Å². The van der Waals surface area contributed by atoms with Crippen LogP contribution in [0.15, 0.2) is 78.9 Å². The number of nitrogens with one attached hydrogen (secondary N) is 2. The van der Waals surface area contributed by atoms with Gasteiger partial charge in [0.1, 0.15) is 11.9 Å². The van der Waals surface area contributed by atoms with Gasteiger partial charge in [0.2, 0.25) is 5.91 Å². The summed E-state index contributed by atoms with van der Waals surface area (Å²) in [6.07, 6.45) is 2.37. The number of nitrogens with zero attached hydrogens (tertiary/aromatic N) is 2. The number of carbonyl (C=O) groups excluding carboxylic acids is 2. The molecular formula is C32H37FN4O2. The molecule has 1 aliphatic heterocycles. The molecule has 204 valence electrons. The second-order valence-corrected chi connectivity index (χ2v) is 10.7. The molecule has 3 atom stereocenters. The molecule has 7 heteroatoms. The lowest BCUT2D eigenvalue weighted by molar-refractivity contribution is -0.135. The zero-order valence-corrected chi connectivity index (χ0v) is 22.5. The van der Waals surface area contributed by atoms with Crippen molar-refractivity contribution in [2.75, 3.05) is 39.8 Å². The third kappa shape index (κ3) is 7.11. The van der Waals surface area contributed by atoms with Crippen LogP contribution in [-0.2, 0) is 4.79 Å². The SMILES string of the molecule is CN1CCN(C(=O)[C@H](CCCN[C@@H]2C[C@H]2c2ccc(F)cc2)NC(=O)c2ccc(-c3ccccc3)cc2)CC1. The molecule has 1 aliphatic carbocycles. The number of amides is 2. The molecule has 6 nitrogen and oxygen atoms in total. The van der Waals surface area contributed by atoms with Gasteiger partial charge in [0.25, 0.3) is 5.91 Å². The standard InChI is InChI=1S/C32H37FN4O2/c1-36-18-20-37(21-19-36)32(39)29(8-5-17-34-30-22-28(30)25-13-15-27(33)16-14-25)35-31(38)26-11-9-24(10-12-26)23-6-3-2-4-7-23/h2-4,6-7,9-16,28-30,34H,5,8,17-22H2,1H3,(H,35,38)/t28-,29-,30+/m0/s1. The number of piperazine rings is 1. The smallest absolute Gasteiger partial charge is 0.251 e. The van der Waals surface area contributed by atoms with Crippen molar-refractivity contribution in [1.29, 1.82) is 0 Å². The third-order valence-corrected chi connectivity index (χ3v) is 7.84. The van der Waals surface area contributed by atoms with Crippen molar-refractivity contribution < 1.29 is 14.0 Å². The highest BCUT2D eigenvalue weighted by Crippen LogP contribution is 2.40. The zero-order chi connectivity index (χ0) is 27.2. The quantitative estimate of drug-likeness (QED) is 0.386. The Morgan fingerprint density at radius 3 is 2.26 bits per heavy atom. The van der Waals surface area contributed by atoms with Crippen LogP contribution in [0, 0.1) is 5.82 Å². The average Bonchev–Trinajstić information content (AvgIpc) is 3.75. The average molecular weight is 529 g/mol. The van der Waals surface area contributed by atoms with Crippen molar-refractivity contribution in [3.8, 4) is 11.1 Å². The maximum absolute atomic E-state index is 13.5. The third-order valence-electron chi connectivity index (χ3n) is 7.84. The summed E-state index contributed by atoms with van der Waals surface area (Å²) in [5.41, 5.74) is 3.84. The Morgan fingerprint density at radius 2 is 1.56 bits per heavy atom. The fourth-order valence-electron chi connectivity index (χ4n) is 5.28. The van der Waals surface area contributed by atoms with Crippen molar-refractivity contribution in [3.05, 3.63) is 95.8 Å². The van der Waals surface area contributed by atoms with Gasteiger partial charge in [-0.1, -0.05) is 54.6 Å². The summed E-state index contributed by atoms with van der Waals surface area (Å²) in [5.74, 6) is -0.0392. The molecule has 5 rings (SSSR count). The van der Waals surface area contributed by atoms with Gasteiger partial charge in [0, 0.05) is 43.7 Å². The second kappa shape index (κ2) is 12.5. The Kier molecular flexibility index (Phi) is 8.69. The summed E-state index contributed by atoms with van der Waals surface area (Å²) in [4.78, 5) is 30.7. The van der Waals surface area contributed by atoms with Crippen LogP contribution in [-0.4, -0.2) is 73.5 Å². The number of rotatable bonds is 10. The van der Waals surface area contributed by atoms with E-state index >= 15 is 0 Å². The summed E-state index contributed by atoms with van der Waals surface area (Å²) >= 11 is 0. The summed E-state index contributed by atoms with van der Waals surface area (Å²) in [6.45, 7) is 3.78. The number of carbonyl (C=O) groups is 2. The molecule has 1 saturated carbocycles. The summed E-state index contributed by atoms with van der Waals surface area (Å²) in [7, 11) is 2.06. The number of halogens is 1. The van der Waals surface area contributed by atoms with Crippen LogP contribution >= 0.6 is 0 Å². The zero-order valence-electron chi connectivity index (χ0n) is 22.5. The minimum absolute atomic E-state index is 0.00651. The number of hydrogen-bond acceptors (Lipinski definition) is 4. The fourth-order valence-corrected chi connectivity index (χ4v) is 5.28. The summed E-state index contributed by atoms with van der Waals surface area (Å²) in [6, 6.07) is 24.1. The van der Waals surface area contributed by atoms with Gasteiger partial charge in [0.15, 0.2) is 0 Å².